The Bertz CT molecular complexity index is 297. The van der Waals surface area contributed by atoms with Crippen LogP contribution in [0.4, 0.5) is 0 Å². The van der Waals surface area contributed by atoms with Crippen LogP contribution in [0, 0.1) is 0 Å². The Morgan fingerprint density at radius 2 is 2.00 bits per heavy atom. The number of allylic oxidation sites excluding steroid dienone is 3. The molecular weight excluding hydrogens is 221 g/mol. The van der Waals surface area contributed by atoms with Gasteiger partial charge in [-0.1, -0.05) is 0 Å². The zero-order valence-corrected chi connectivity index (χ0v) is 10.4. The molecule has 2 aliphatic rings. The van der Waals surface area contributed by atoms with Crippen molar-refractivity contribution in [2.45, 2.75) is 26.3 Å². The van der Waals surface area contributed by atoms with E-state index in [2.05, 4.69) is 59.1 Å². The molecule has 2 heterocycles. The average molecular weight is 235 g/mol. The first kappa shape index (κ1) is 8.94. The molecule has 0 spiro atoms. The molecule has 2 nitrogen and oxygen atoms in total. The SMILES string of the molecule is CC(C)(C)[N]1C=C2C=CC=C[N]2[Ge]1. The van der Waals surface area contributed by atoms with Crippen LogP contribution in [0.25, 0.3) is 0 Å². The molecule has 3 heteroatoms. The quantitative estimate of drug-likeness (QED) is 0.591. The van der Waals surface area contributed by atoms with Crippen molar-refractivity contribution in [3.8, 4) is 0 Å². The normalized spacial score (nSPS) is 20.7. The molecule has 13 heavy (non-hydrogen) atoms. The van der Waals surface area contributed by atoms with Gasteiger partial charge in [-0.3, -0.25) is 0 Å². The zero-order valence-electron chi connectivity index (χ0n) is 8.28. The van der Waals surface area contributed by atoms with E-state index in [1.54, 1.807) is 0 Å². The number of hydrogen-bond acceptors (Lipinski definition) is 2. The van der Waals surface area contributed by atoms with E-state index in [1.165, 1.54) is 5.70 Å². The summed E-state index contributed by atoms with van der Waals surface area (Å²) in [5.41, 5.74) is 1.61. The number of rotatable bonds is 0. The second-order valence-electron chi connectivity index (χ2n) is 4.27. The molecule has 2 aliphatic heterocycles. The second kappa shape index (κ2) is 2.94. The topological polar surface area (TPSA) is 6.48 Å². The molecule has 0 atom stereocenters. The first-order valence-electron chi connectivity index (χ1n) is 4.49. The van der Waals surface area contributed by atoms with Crippen molar-refractivity contribution in [3.05, 3.63) is 36.3 Å². The van der Waals surface area contributed by atoms with Crippen LogP contribution in [-0.2, 0) is 0 Å². The monoisotopic (exact) mass is 236 g/mol. The van der Waals surface area contributed by atoms with Crippen LogP contribution in [-0.4, -0.2) is 29.1 Å². The fourth-order valence-electron chi connectivity index (χ4n) is 1.27. The van der Waals surface area contributed by atoms with Crippen molar-refractivity contribution in [1.29, 1.82) is 0 Å². The van der Waals surface area contributed by atoms with Gasteiger partial charge >= 0.3 is 86.2 Å². The van der Waals surface area contributed by atoms with Crippen LogP contribution in [0.5, 0.6) is 0 Å². The summed E-state index contributed by atoms with van der Waals surface area (Å²) in [6.07, 6.45) is 10.8. The Kier molecular flexibility index (Phi) is 2.02. The fourth-order valence-corrected chi connectivity index (χ4v) is 3.63. The molecule has 0 aliphatic carbocycles. The van der Waals surface area contributed by atoms with Gasteiger partial charge in [-0.05, 0) is 0 Å². The maximum atomic E-state index is 2.47. The molecule has 0 N–H and O–H groups in total. The standard InChI is InChI=1S/C10H14GeN2/c1-10(2,3)13-8-9-6-4-5-7-12(9)11-13/h4-8H,1-3H3. The molecule has 0 bridgehead atoms. The summed E-state index contributed by atoms with van der Waals surface area (Å²) < 4.78 is 4.85. The molecule has 0 aromatic carbocycles. The molecular formula is C10H14GeN2. The van der Waals surface area contributed by atoms with E-state index in [0.717, 1.165) is 0 Å². The third-order valence-corrected chi connectivity index (χ3v) is 5.53. The van der Waals surface area contributed by atoms with E-state index in [9.17, 15) is 0 Å². The Labute approximate surface area is 86.5 Å². The zero-order chi connectivity index (χ0) is 9.47. The van der Waals surface area contributed by atoms with Crippen molar-refractivity contribution >= 4 is 15.9 Å². The van der Waals surface area contributed by atoms with E-state index >= 15 is 0 Å². The third-order valence-electron chi connectivity index (χ3n) is 2.09. The van der Waals surface area contributed by atoms with Gasteiger partial charge in [0.15, 0.2) is 0 Å². The summed E-state index contributed by atoms with van der Waals surface area (Å²) in [4.78, 5) is 0. The maximum absolute atomic E-state index is 2.47. The molecule has 0 aromatic heterocycles. The Morgan fingerprint density at radius 3 is 2.62 bits per heavy atom. The van der Waals surface area contributed by atoms with Crippen LogP contribution < -0.4 is 0 Å². The van der Waals surface area contributed by atoms with Gasteiger partial charge in [0, 0.05) is 0 Å². The predicted octanol–water partition coefficient (Wildman–Crippen LogP) is 1.86. The summed E-state index contributed by atoms with van der Waals surface area (Å²) in [6, 6.07) is 0. The third kappa shape index (κ3) is 1.68. The predicted molar refractivity (Wildman–Crippen MR) is 55.5 cm³/mol. The first-order chi connectivity index (χ1) is 6.07. The van der Waals surface area contributed by atoms with E-state index in [-0.39, 0.29) is 21.4 Å². The minimum absolute atomic E-state index is 0.177. The van der Waals surface area contributed by atoms with Crippen LogP contribution in [0.1, 0.15) is 20.8 Å². The van der Waals surface area contributed by atoms with E-state index in [4.69, 9.17) is 0 Å². The molecule has 0 fully saturated rings. The summed E-state index contributed by atoms with van der Waals surface area (Å²) >= 11 is -0.177. The van der Waals surface area contributed by atoms with E-state index in [0.29, 0.717) is 0 Å². The van der Waals surface area contributed by atoms with Gasteiger partial charge in [0.25, 0.3) is 0 Å². The van der Waals surface area contributed by atoms with Gasteiger partial charge in [-0.15, -0.1) is 0 Å². The van der Waals surface area contributed by atoms with Gasteiger partial charge < -0.3 is 0 Å². The number of nitrogens with zero attached hydrogens (tertiary/aromatic N) is 2. The Balaban J connectivity index is 2.21. The molecule has 0 saturated carbocycles. The number of hydrogen-bond donors (Lipinski definition) is 0. The molecule has 0 saturated heterocycles. The first-order valence-corrected chi connectivity index (χ1v) is 6.36. The van der Waals surface area contributed by atoms with Crippen molar-refractivity contribution in [2.75, 3.05) is 0 Å². The summed E-state index contributed by atoms with van der Waals surface area (Å²) in [5.74, 6) is 0. The van der Waals surface area contributed by atoms with Crippen LogP contribution >= 0.6 is 0 Å². The van der Waals surface area contributed by atoms with Crippen molar-refractivity contribution in [2.24, 2.45) is 0 Å². The summed E-state index contributed by atoms with van der Waals surface area (Å²) in [7, 11) is 0. The van der Waals surface area contributed by atoms with Gasteiger partial charge in [-0.2, -0.15) is 0 Å². The van der Waals surface area contributed by atoms with Crippen LogP contribution in [0.15, 0.2) is 36.3 Å². The van der Waals surface area contributed by atoms with Gasteiger partial charge in [0.1, 0.15) is 0 Å². The summed E-state index contributed by atoms with van der Waals surface area (Å²) in [5, 5.41) is 0. The second-order valence-corrected chi connectivity index (χ2v) is 6.71. The molecule has 0 unspecified atom stereocenters. The molecule has 2 rings (SSSR count). The van der Waals surface area contributed by atoms with Gasteiger partial charge in [-0.25, -0.2) is 0 Å². The Hall–Kier alpha value is -0.637. The summed E-state index contributed by atoms with van der Waals surface area (Å²) in [6.45, 7) is 6.79. The molecule has 2 radical (unpaired) electrons. The van der Waals surface area contributed by atoms with Gasteiger partial charge in [0.2, 0.25) is 0 Å². The van der Waals surface area contributed by atoms with E-state index in [1.807, 2.05) is 0 Å². The van der Waals surface area contributed by atoms with Crippen molar-refractivity contribution < 1.29 is 0 Å². The van der Waals surface area contributed by atoms with Gasteiger partial charge in [0.05, 0.1) is 0 Å². The molecule has 0 aromatic rings. The average Bonchev–Trinajstić information content (AvgIpc) is 2.45. The minimum atomic E-state index is -0.177. The van der Waals surface area contributed by atoms with Crippen LogP contribution in [0.3, 0.4) is 0 Å². The van der Waals surface area contributed by atoms with E-state index < -0.39 is 0 Å². The Morgan fingerprint density at radius 1 is 1.23 bits per heavy atom. The molecule has 0 amide bonds. The number of fused-ring (bicyclic) bond motifs is 1. The van der Waals surface area contributed by atoms with Crippen LogP contribution in [0.2, 0.25) is 0 Å². The molecule has 68 valence electrons. The van der Waals surface area contributed by atoms with Crippen molar-refractivity contribution in [3.63, 3.8) is 0 Å². The fraction of sp³-hybridized carbons (Fsp3) is 0.400. The van der Waals surface area contributed by atoms with Crippen molar-refractivity contribution in [1.82, 2.24) is 7.71 Å².